The number of aliphatic hydroxyl groups is 10. The zero-order valence-electron chi connectivity index (χ0n) is 28.6. The van der Waals surface area contributed by atoms with Gasteiger partial charge in [-0.25, -0.2) is 4.79 Å². The van der Waals surface area contributed by atoms with Gasteiger partial charge in [0.15, 0.2) is 0 Å². The van der Waals surface area contributed by atoms with E-state index in [0.717, 1.165) is 0 Å². The summed E-state index contributed by atoms with van der Waals surface area (Å²) in [6.45, 7) is 7.17. The van der Waals surface area contributed by atoms with Crippen LogP contribution in [-0.4, -0.2) is 124 Å². The molecule has 0 bridgehead atoms. The minimum absolute atomic E-state index is 0.0340. The molecule has 0 aliphatic carbocycles. The predicted octanol–water partition coefficient (Wildman–Crippen LogP) is 0.961. The Morgan fingerprint density at radius 2 is 1.02 bits per heavy atom. The van der Waals surface area contributed by atoms with Crippen LogP contribution in [0.5, 0.6) is 0 Å². The maximum atomic E-state index is 12.4. The first-order valence-corrected chi connectivity index (χ1v) is 16.9. The molecule has 1 aliphatic rings. The minimum Gasteiger partial charge on any atom is -0.458 e. The highest BCUT2D eigenvalue weighted by Gasteiger charge is 2.29. The molecule has 1 rings (SSSR count). The lowest BCUT2D eigenvalue weighted by atomic mass is 9.88. The van der Waals surface area contributed by atoms with Crippen molar-refractivity contribution in [3.8, 4) is 0 Å². The average Bonchev–Trinajstić information content (AvgIpc) is 2.97. The van der Waals surface area contributed by atoms with Crippen LogP contribution in [0.3, 0.4) is 0 Å². The summed E-state index contributed by atoms with van der Waals surface area (Å²) in [5.74, 6) is -1.63. The summed E-state index contributed by atoms with van der Waals surface area (Å²) in [7, 11) is 0. The fourth-order valence-electron chi connectivity index (χ4n) is 5.58. The van der Waals surface area contributed by atoms with Gasteiger partial charge < -0.3 is 55.8 Å². The normalized spacial score (nSPS) is 42.0. The lowest BCUT2D eigenvalue weighted by Crippen LogP contribution is -2.37. The highest BCUT2D eigenvalue weighted by atomic mass is 16.5. The molecule has 0 unspecified atom stereocenters. The summed E-state index contributed by atoms with van der Waals surface area (Å²) in [4.78, 5) is 12.4. The zero-order valence-corrected chi connectivity index (χ0v) is 28.6. The smallest absolute Gasteiger partial charge is 0.331 e. The number of rotatable bonds is 1. The fourth-order valence-corrected chi connectivity index (χ4v) is 5.58. The molecule has 276 valence electrons. The molecular weight excluding hydrogens is 624 g/mol. The van der Waals surface area contributed by atoms with Crippen LogP contribution in [-0.2, 0) is 9.53 Å². The Hall–Kier alpha value is -2.23. The van der Waals surface area contributed by atoms with Crippen molar-refractivity contribution < 1.29 is 60.6 Å². The molecule has 13 atom stereocenters. The van der Waals surface area contributed by atoms with Gasteiger partial charge in [0.05, 0.1) is 61.0 Å². The summed E-state index contributed by atoms with van der Waals surface area (Å²) >= 11 is 0. The third kappa shape index (κ3) is 18.5. The predicted molar refractivity (Wildman–Crippen MR) is 181 cm³/mol. The number of hydrogen-bond acceptors (Lipinski definition) is 12. The third-order valence-corrected chi connectivity index (χ3v) is 8.46. The Bertz CT molecular complexity index is 1040. The van der Waals surface area contributed by atoms with Gasteiger partial charge in [-0.1, -0.05) is 82.4 Å². The molecule has 0 fully saturated rings. The van der Waals surface area contributed by atoms with Gasteiger partial charge in [0, 0.05) is 30.8 Å². The monoisotopic (exact) mass is 684 g/mol. The van der Waals surface area contributed by atoms with Crippen molar-refractivity contribution in [2.45, 2.75) is 140 Å². The van der Waals surface area contributed by atoms with Gasteiger partial charge in [0.1, 0.15) is 6.10 Å². The number of allylic oxidation sites excluding steroid dienone is 6. The van der Waals surface area contributed by atoms with Crippen LogP contribution in [0, 0.1) is 17.8 Å². The van der Waals surface area contributed by atoms with Gasteiger partial charge in [-0.2, -0.15) is 0 Å². The van der Waals surface area contributed by atoms with Crippen LogP contribution in [0.15, 0.2) is 60.8 Å². The standard InChI is InChI=1S/C36H60O12/c1-22(2)36-23(3)13-14-25(37)15-26(38)16-27(39)17-28(40)18-29(41)19-30(42)20-32(44)24(4)33(45)21-34(46)31(43)11-9-7-5-6-8-10-12-35(47)48-36/h5-14,22-34,36-46H,15-21H2,1-4H3/b7-5+,8-6+,11-9+,12-10+,14-13+/t23-,24+,25-,26-,27+,28-,29+,30+,31+,32+,33-,34-,36-/m0/s1. The summed E-state index contributed by atoms with van der Waals surface area (Å²) in [6, 6.07) is 0. The van der Waals surface area contributed by atoms with E-state index >= 15 is 0 Å². The van der Waals surface area contributed by atoms with Crippen LogP contribution < -0.4 is 0 Å². The number of cyclic esters (lactones) is 1. The highest BCUT2D eigenvalue weighted by Crippen LogP contribution is 2.22. The van der Waals surface area contributed by atoms with Gasteiger partial charge in [-0.05, 0) is 38.0 Å². The summed E-state index contributed by atoms with van der Waals surface area (Å²) in [5, 5.41) is 104. The van der Waals surface area contributed by atoms with Gasteiger partial charge in [0.25, 0.3) is 0 Å². The second-order valence-corrected chi connectivity index (χ2v) is 13.4. The van der Waals surface area contributed by atoms with Crippen LogP contribution >= 0.6 is 0 Å². The van der Waals surface area contributed by atoms with Crippen LogP contribution in [0.25, 0.3) is 0 Å². The van der Waals surface area contributed by atoms with Crippen LogP contribution in [0.1, 0.15) is 72.6 Å². The van der Waals surface area contributed by atoms with Gasteiger partial charge >= 0.3 is 5.97 Å². The first-order chi connectivity index (χ1) is 22.5. The van der Waals surface area contributed by atoms with E-state index in [9.17, 15) is 55.9 Å². The maximum absolute atomic E-state index is 12.4. The van der Waals surface area contributed by atoms with Crippen LogP contribution in [0.2, 0.25) is 0 Å². The second-order valence-electron chi connectivity index (χ2n) is 13.4. The molecule has 0 saturated heterocycles. The molecule has 0 aromatic carbocycles. The molecule has 0 aromatic rings. The quantitative estimate of drug-likeness (QED) is 0.138. The van der Waals surface area contributed by atoms with Gasteiger partial charge in [0.2, 0.25) is 0 Å². The zero-order chi connectivity index (χ0) is 36.4. The van der Waals surface area contributed by atoms with Gasteiger partial charge in [-0.15, -0.1) is 0 Å². The molecule has 1 heterocycles. The molecule has 0 amide bonds. The number of ether oxygens (including phenoxy) is 1. The molecule has 0 radical (unpaired) electrons. The summed E-state index contributed by atoms with van der Waals surface area (Å²) in [5.41, 5.74) is 0. The topological polar surface area (TPSA) is 229 Å². The Labute approximate surface area is 284 Å². The van der Waals surface area contributed by atoms with E-state index in [1.165, 1.54) is 37.3 Å². The third-order valence-electron chi connectivity index (χ3n) is 8.46. The lowest BCUT2D eigenvalue weighted by molar-refractivity contribution is -0.147. The molecular formula is C36H60O12. The van der Waals surface area contributed by atoms with Crippen molar-refractivity contribution in [1.29, 1.82) is 0 Å². The molecule has 12 nitrogen and oxygen atoms in total. The van der Waals surface area contributed by atoms with Crippen LogP contribution in [0.4, 0.5) is 0 Å². The van der Waals surface area contributed by atoms with E-state index in [1.807, 2.05) is 20.8 Å². The number of aliphatic hydroxyl groups excluding tert-OH is 10. The lowest BCUT2D eigenvalue weighted by Gasteiger charge is -2.28. The number of hydrogen-bond donors (Lipinski definition) is 10. The Balaban J connectivity index is 3.04. The maximum Gasteiger partial charge on any atom is 0.331 e. The first kappa shape index (κ1) is 43.8. The molecule has 48 heavy (non-hydrogen) atoms. The largest absolute Gasteiger partial charge is 0.458 e. The van der Waals surface area contributed by atoms with E-state index in [0.29, 0.717) is 0 Å². The molecule has 12 heteroatoms. The summed E-state index contributed by atoms with van der Waals surface area (Å²) < 4.78 is 5.63. The van der Waals surface area contributed by atoms with E-state index in [4.69, 9.17) is 4.74 Å². The number of carbonyl (C=O) groups is 1. The van der Waals surface area contributed by atoms with Crippen molar-refractivity contribution in [3.63, 3.8) is 0 Å². The molecule has 0 aromatic heterocycles. The number of carbonyl (C=O) groups excluding carboxylic acids is 1. The van der Waals surface area contributed by atoms with E-state index in [-0.39, 0.29) is 56.8 Å². The van der Waals surface area contributed by atoms with Crippen molar-refractivity contribution in [1.82, 2.24) is 0 Å². The van der Waals surface area contributed by atoms with E-state index in [1.54, 1.807) is 30.4 Å². The summed E-state index contributed by atoms with van der Waals surface area (Å²) in [6.07, 6.45) is 1.83. The average molecular weight is 685 g/mol. The molecule has 0 saturated carbocycles. The Morgan fingerprint density at radius 1 is 0.562 bits per heavy atom. The Kier molecular flexibility index (Phi) is 21.2. The number of esters is 1. The van der Waals surface area contributed by atoms with Crippen molar-refractivity contribution >= 4 is 5.97 Å². The van der Waals surface area contributed by atoms with Gasteiger partial charge in [-0.3, -0.25) is 0 Å². The van der Waals surface area contributed by atoms with Crippen molar-refractivity contribution in [2.75, 3.05) is 0 Å². The fraction of sp³-hybridized carbons (Fsp3) is 0.694. The molecule has 1 aliphatic heterocycles. The second kappa shape index (κ2) is 23.2. The first-order valence-electron chi connectivity index (χ1n) is 16.9. The SMILES string of the molecule is CC(C)[C@@H]1OC(=O)/C=C/C=C/C=C/C=C/[C@@H](O)[C@@H](O)C[C@H](O)[C@H](C)[C@H](O)C[C@H](O)C[C@H](O)C[C@@H](O)C[C@H](O)C[C@@H](O)C[C@@H](O)/C=C/[C@@H]1C. The molecule has 0 spiro atoms. The van der Waals surface area contributed by atoms with Crippen molar-refractivity contribution in [3.05, 3.63) is 60.8 Å². The molecule has 10 N–H and O–H groups in total. The van der Waals surface area contributed by atoms with E-state index in [2.05, 4.69) is 0 Å². The minimum atomic E-state index is -1.33. The van der Waals surface area contributed by atoms with E-state index < -0.39 is 79.0 Å². The Morgan fingerprint density at radius 3 is 1.56 bits per heavy atom. The van der Waals surface area contributed by atoms with Crippen molar-refractivity contribution in [2.24, 2.45) is 17.8 Å². The highest BCUT2D eigenvalue weighted by molar-refractivity contribution is 5.82.